The predicted molar refractivity (Wildman–Crippen MR) is 49.2 cm³/mol. The van der Waals surface area contributed by atoms with E-state index in [1.165, 1.54) is 19.2 Å². The zero-order valence-electron chi connectivity index (χ0n) is 7.24. The average Bonchev–Trinajstić information content (AvgIpc) is 2.19. The van der Waals surface area contributed by atoms with Gasteiger partial charge in [-0.1, -0.05) is 11.6 Å². The van der Waals surface area contributed by atoms with Crippen molar-refractivity contribution in [3.05, 3.63) is 28.3 Å². The molecule has 4 nitrogen and oxygen atoms in total. The number of nitrogens with zero attached hydrogens (tertiary/aromatic N) is 1. The topological polar surface area (TPSA) is 70.3 Å². The molecule has 1 aromatic carbocycles. The molecule has 0 aliphatic rings. The van der Waals surface area contributed by atoms with Gasteiger partial charge in [0.15, 0.2) is 0 Å². The van der Waals surface area contributed by atoms with Crippen molar-refractivity contribution < 1.29 is 14.6 Å². The summed E-state index contributed by atoms with van der Waals surface area (Å²) in [6.07, 6.45) is 0. The molecule has 1 N–H and O–H groups in total. The Bertz CT molecular complexity index is 423. The third-order valence-electron chi connectivity index (χ3n) is 1.60. The Morgan fingerprint density at radius 1 is 1.64 bits per heavy atom. The van der Waals surface area contributed by atoms with Crippen molar-refractivity contribution in [2.45, 2.75) is 0 Å². The Morgan fingerprint density at radius 3 is 2.79 bits per heavy atom. The minimum Gasteiger partial charge on any atom is -0.506 e. The lowest BCUT2D eigenvalue weighted by Crippen LogP contribution is -2.02. The number of methoxy groups -OCH3 is 1. The van der Waals surface area contributed by atoms with Gasteiger partial charge in [-0.3, -0.25) is 0 Å². The first-order valence-electron chi connectivity index (χ1n) is 3.61. The zero-order chi connectivity index (χ0) is 10.7. The summed E-state index contributed by atoms with van der Waals surface area (Å²) in [5, 5.41) is 18.2. The number of aromatic hydroxyl groups is 1. The summed E-state index contributed by atoms with van der Waals surface area (Å²) < 4.78 is 4.40. The highest BCUT2D eigenvalue weighted by atomic mass is 35.5. The average molecular weight is 212 g/mol. The van der Waals surface area contributed by atoms with Gasteiger partial charge in [-0.05, 0) is 12.1 Å². The molecule has 1 aromatic rings. The van der Waals surface area contributed by atoms with Crippen LogP contribution < -0.4 is 0 Å². The second kappa shape index (κ2) is 3.99. The molecule has 1 rings (SSSR count). The molecule has 0 amide bonds. The van der Waals surface area contributed by atoms with Gasteiger partial charge in [0, 0.05) is 5.02 Å². The third kappa shape index (κ3) is 1.78. The van der Waals surface area contributed by atoms with E-state index >= 15 is 0 Å². The molecule has 0 fully saturated rings. The molecule has 72 valence electrons. The van der Waals surface area contributed by atoms with Crippen LogP contribution in [-0.4, -0.2) is 18.2 Å². The minimum atomic E-state index is -0.735. The van der Waals surface area contributed by atoms with Crippen molar-refractivity contribution >= 4 is 17.6 Å². The van der Waals surface area contributed by atoms with E-state index in [-0.39, 0.29) is 16.1 Å². The molecule has 14 heavy (non-hydrogen) atoms. The summed E-state index contributed by atoms with van der Waals surface area (Å²) in [6.45, 7) is 0. The number of carbonyl (C=O) groups is 1. The first-order chi connectivity index (χ1) is 6.60. The van der Waals surface area contributed by atoms with Crippen LogP contribution in [0.2, 0.25) is 5.02 Å². The quantitative estimate of drug-likeness (QED) is 0.718. The van der Waals surface area contributed by atoms with E-state index in [1.807, 2.05) is 0 Å². The number of halogens is 1. The summed E-state index contributed by atoms with van der Waals surface area (Å²) >= 11 is 5.63. The first-order valence-corrected chi connectivity index (χ1v) is 3.99. The van der Waals surface area contributed by atoms with Crippen LogP contribution in [0, 0.1) is 11.3 Å². The van der Waals surface area contributed by atoms with Gasteiger partial charge in [0.2, 0.25) is 0 Å². The Balaban J connectivity index is 3.38. The zero-order valence-corrected chi connectivity index (χ0v) is 8.00. The lowest BCUT2D eigenvalue weighted by Gasteiger charge is -2.04. The number of carbonyl (C=O) groups excluding carboxylic acids is 1. The van der Waals surface area contributed by atoms with Gasteiger partial charge < -0.3 is 9.84 Å². The number of rotatable bonds is 1. The summed E-state index contributed by atoms with van der Waals surface area (Å²) in [6, 6.07) is 4.22. The van der Waals surface area contributed by atoms with E-state index < -0.39 is 11.7 Å². The van der Waals surface area contributed by atoms with E-state index in [0.717, 1.165) is 0 Å². The molecule has 5 heteroatoms. The standard InChI is InChI=1S/C9H6ClNO3/c1-14-9(13)7-3-6(10)2-5(4-11)8(7)12/h2-3,12H,1H3. The number of benzene rings is 1. The van der Waals surface area contributed by atoms with Gasteiger partial charge in [0.25, 0.3) is 0 Å². The maximum Gasteiger partial charge on any atom is 0.341 e. The molecular formula is C9H6ClNO3. The molecule has 0 saturated heterocycles. The normalized spacial score (nSPS) is 9.21. The van der Waals surface area contributed by atoms with Crippen LogP contribution in [0.1, 0.15) is 15.9 Å². The van der Waals surface area contributed by atoms with Crippen LogP contribution in [0.4, 0.5) is 0 Å². The molecule has 0 saturated carbocycles. The predicted octanol–water partition coefficient (Wildman–Crippen LogP) is 1.70. The lowest BCUT2D eigenvalue weighted by atomic mass is 10.1. The molecular weight excluding hydrogens is 206 g/mol. The number of nitriles is 1. The van der Waals surface area contributed by atoms with Crippen molar-refractivity contribution in [3.8, 4) is 11.8 Å². The molecule has 0 heterocycles. The molecule has 0 aromatic heterocycles. The molecule has 0 radical (unpaired) electrons. The molecule has 0 aliphatic carbocycles. The second-order valence-electron chi connectivity index (χ2n) is 2.45. The maximum atomic E-state index is 11.1. The van der Waals surface area contributed by atoms with E-state index in [2.05, 4.69) is 4.74 Å². The minimum absolute atomic E-state index is 0.0575. The van der Waals surface area contributed by atoms with E-state index in [1.54, 1.807) is 6.07 Å². The van der Waals surface area contributed by atoms with E-state index in [9.17, 15) is 9.90 Å². The van der Waals surface area contributed by atoms with Crippen molar-refractivity contribution in [1.82, 2.24) is 0 Å². The number of phenolic OH excluding ortho intramolecular Hbond substituents is 1. The fourth-order valence-corrected chi connectivity index (χ4v) is 1.17. The third-order valence-corrected chi connectivity index (χ3v) is 1.82. The van der Waals surface area contributed by atoms with Crippen molar-refractivity contribution in [2.24, 2.45) is 0 Å². The second-order valence-corrected chi connectivity index (χ2v) is 2.89. The van der Waals surface area contributed by atoms with Gasteiger partial charge in [0.05, 0.1) is 12.7 Å². The largest absolute Gasteiger partial charge is 0.506 e. The Kier molecular flexibility index (Phi) is 2.95. The van der Waals surface area contributed by atoms with Gasteiger partial charge >= 0.3 is 5.97 Å². The van der Waals surface area contributed by atoms with Crippen molar-refractivity contribution in [2.75, 3.05) is 7.11 Å². The summed E-state index contributed by atoms with van der Waals surface area (Å²) in [5.74, 6) is -1.15. The Morgan fingerprint density at radius 2 is 2.29 bits per heavy atom. The van der Waals surface area contributed by atoms with Crippen LogP contribution in [-0.2, 0) is 4.74 Å². The van der Waals surface area contributed by atoms with Crippen LogP contribution >= 0.6 is 11.6 Å². The van der Waals surface area contributed by atoms with Crippen LogP contribution in [0.25, 0.3) is 0 Å². The fourth-order valence-electron chi connectivity index (χ4n) is 0.950. The smallest absolute Gasteiger partial charge is 0.341 e. The van der Waals surface area contributed by atoms with Gasteiger partial charge in [-0.25, -0.2) is 4.79 Å². The maximum absolute atomic E-state index is 11.1. The highest BCUT2D eigenvalue weighted by molar-refractivity contribution is 6.31. The SMILES string of the molecule is COC(=O)c1cc(Cl)cc(C#N)c1O. The molecule has 0 bridgehead atoms. The number of hydrogen-bond acceptors (Lipinski definition) is 4. The van der Waals surface area contributed by atoms with Crippen molar-refractivity contribution in [1.29, 1.82) is 5.26 Å². The highest BCUT2D eigenvalue weighted by Crippen LogP contribution is 2.26. The van der Waals surface area contributed by atoms with Crippen LogP contribution in [0.15, 0.2) is 12.1 Å². The lowest BCUT2D eigenvalue weighted by molar-refractivity contribution is 0.0597. The Labute approximate surface area is 85.3 Å². The highest BCUT2D eigenvalue weighted by Gasteiger charge is 2.16. The first kappa shape index (κ1) is 10.4. The molecule has 0 unspecified atom stereocenters. The fraction of sp³-hybridized carbons (Fsp3) is 0.111. The summed E-state index contributed by atoms with van der Waals surface area (Å²) in [5.41, 5.74) is -0.172. The van der Waals surface area contributed by atoms with Crippen LogP contribution in [0.5, 0.6) is 5.75 Å². The molecule has 0 atom stereocenters. The van der Waals surface area contributed by atoms with E-state index in [0.29, 0.717) is 0 Å². The monoisotopic (exact) mass is 211 g/mol. The Hall–Kier alpha value is -1.73. The summed E-state index contributed by atoms with van der Waals surface area (Å²) in [7, 11) is 1.18. The van der Waals surface area contributed by atoms with Crippen LogP contribution in [0.3, 0.4) is 0 Å². The molecule has 0 spiro atoms. The van der Waals surface area contributed by atoms with Gasteiger partial charge in [-0.15, -0.1) is 0 Å². The van der Waals surface area contributed by atoms with Crippen molar-refractivity contribution in [3.63, 3.8) is 0 Å². The number of hydrogen-bond donors (Lipinski definition) is 1. The van der Waals surface area contributed by atoms with Gasteiger partial charge in [0.1, 0.15) is 17.4 Å². The number of esters is 1. The molecule has 0 aliphatic heterocycles. The number of ether oxygens (including phenoxy) is 1. The van der Waals surface area contributed by atoms with Gasteiger partial charge in [-0.2, -0.15) is 5.26 Å². The number of phenols is 1. The summed E-state index contributed by atoms with van der Waals surface area (Å²) in [4.78, 5) is 11.1. The van der Waals surface area contributed by atoms with E-state index in [4.69, 9.17) is 16.9 Å².